The highest BCUT2D eigenvalue weighted by Crippen LogP contribution is 2.30. The molecule has 2 aromatic carbocycles. The van der Waals surface area contributed by atoms with Crippen LogP contribution in [0, 0.1) is 0 Å². The number of aryl methyl sites for hydroxylation is 2. The van der Waals surface area contributed by atoms with E-state index in [0.29, 0.717) is 24.3 Å². The van der Waals surface area contributed by atoms with Crippen LogP contribution >= 0.6 is 0 Å². The summed E-state index contributed by atoms with van der Waals surface area (Å²) in [6, 6.07) is 11.4. The summed E-state index contributed by atoms with van der Waals surface area (Å²) in [6.07, 6.45) is 6.06. The maximum atomic E-state index is 12.6. The summed E-state index contributed by atoms with van der Waals surface area (Å²) in [6.45, 7) is 0.632. The van der Waals surface area contributed by atoms with E-state index in [4.69, 9.17) is 4.74 Å². The highest BCUT2D eigenvalue weighted by atomic mass is 32.2. The van der Waals surface area contributed by atoms with E-state index in [0.717, 1.165) is 43.0 Å². The Balaban J connectivity index is 1.19. The molecule has 1 saturated heterocycles. The van der Waals surface area contributed by atoms with E-state index in [2.05, 4.69) is 10.3 Å². The Bertz CT molecular complexity index is 1340. The van der Waals surface area contributed by atoms with Gasteiger partial charge in [0.25, 0.3) is 5.91 Å². The van der Waals surface area contributed by atoms with Gasteiger partial charge in [-0.15, -0.1) is 0 Å². The summed E-state index contributed by atoms with van der Waals surface area (Å²) in [5.41, 5.74) is 4.36. The molecule has 1 amide bonds. The topological polar surface area (TPSA) is 109 Å². The number of hydrogen-bond donors (Lipinski definition) is 2. The van der Waals surface area contributed by atoms with E-state index < -0.39 is 28.5 Å². The number of carbonyl (C=O) groups excluding carboxylic acids is 2. The first-order chi connectivity index (χ1) is 16.4. The minimum absolute atomic E-state index is 0.196. The predicted molar refractivity (Wildman–Crippen MR) is 128 cm³/mol. The monoisotopic (exact) mass is 481 g/mol. The lowest BCUT2D eigenvalue weighted by Gasteiger charge is -2.15. The second-order valence-corrected chi connectivity index (χ2v) is 10.7. The van der Waals surface area contributed by atoms with Crippen molar-refractivity contribution in [3.8, 4) is 0 Å². The van der Waals surface area contributed by atoms with Crippen LogP contribution in [-0.4, -0.2) is 49.3 Å². The highest BCUT2D eigenvalue weighted by Gasteiger charge is 2.27. The van der Waals surface area contributed by atoms with Crippen molar-refractivity contribution >= 4 is 38.5 Å². The van der Waals surface area contributed by atoms with Gasteiger partial charge in [-0.3, -0.25) is 4.79 Å². The van der Waals surface area contributed by atoms with Gasteiger partial charge in [0, 0.05) is 35.4 Å². The SMILES string of the molecule is O=C(COC(=O)c1ccc2[nH]c3c(c2c1)CCCC3)Nc1ccc(S(=O)(=O)N2CCCC2)cc1. The second kappa shape index (κ2) is 9.23. The van der Waals surface area contributed by atoms with Crippen LogP contribution in [0.15, 0.2) is 47.4 Å². The Labute approximate surface area is 198 Å². The average Bonchev–Trinajstić information content (AvgIpc) is 3.51. The highest BCUT2D eigenvalue weighted by molar-refractivity contribution is 7.89. The third kappa shape index (κ3) is 4.45. The zero-order chi connectivity index (χ0) is 23.7. The van der Waals surface area contributed by atoms with Gasteiger partial charge >= 0.3 is 5.97 Å². The number of amides is 1. The Kier molecular flexibility index (Phi) is 6.14. The van der Waals surface area contributed by atoms with Crippen molar-refractivity contribution in [3.05, 3.63) is 59.3 Å². The summed E-state index contributed by atoms with van der Waals surface area (Å²) >= 11 is 0. The quantitative estimate of drug-likeness (QED) is 0.523. The molecule has 1 aromatic heterocycles. The molecular formula is C25H27N3O5S. The van der Waals surface area contributed by atoms with Gasteiger partial charge in [0.15, 0.2) is 6.61 Å². The van der Waals surface area contributed by atoms with Crippen molar-refractivity contribution < 1.29 is 22.7 Å². The van der Waals surface area contributed by atoms with Gasteiger partial charge in [-0.25, -0.2) is 13.2 Å². The fourth-order valence-corrected chi connectivity index (χ4v) is 6.25. The lowest BCUT2D eigenvalue weighted by Crippen LogP contribution is -2.27. The number of fused-ring (bicyclic) bond motifs is 3. The van der Waals surface area contributed by atoms with E-state index in [9.17, 15) is 18.0 Å². The van der Waals surface area contributed by atoms with Crippen molar-refractivity contribution in [3.63, 3.8) is 0 Å². The molecule has 8 nitrogen and oxygen atoms in total. The fourth-order valence-electron chi connectivity index (χ4n) is 4.73. The second-order valence-electron chi connectivity index (χ2n) is 8.81. The van der Waals surface area contributed by atoms with Gasteiger partial charge in [-0.2, -0.15) is 4.31 Å². The molecule has 9 heteroatoms. The van der Waals surface area contributed by atoms with Gasteiger partial charge < -0.3 is 15.0 Å². The Morgan fingerprint density at radius 2 is 1.71 bits per heavy atom. The number of H-pyrrole nitrogens is 1. The van der Waals surface area contributed by atoms with Crippen LogP contribution in [0.1, 0.15) is 47.3 Å². The average molecular weight is 482 g/mol. The first kappa shape index (κ1) is 22.6. The number of nitrogens with zero attached hydrogens (tertiary/aromatic N) is 1. The van der Waals surface area contributed by atoms with Crippen molar-refractivity contribution in [2.75, 3.05) is 25.0 Å². The zero-order valence-corrected chi connectivity index (χ0v) is 19.6. The molecule has 1 aliphatic carbocycles. The Morgan fingerprint density at radius 1 is 0.971 bits per heavy atom. The zero-order valence-electron chi connectivity index (χ0n) is 18.8. The summed E-state index contributed by atoms with van der Waals surface area (Å²) in [7, 11) is -3.50. The Morgan fingerprint density at radius 3 is 2.47 bits per heavy atom. The summed E-state index contributed by atoms with van der Waals surface area (Å²) in [5.74, 6) is -1.06. The molecule has 0 atom stereocenters. The fraction of sp³-hybridized carbons (Fsp3) is 0.360. The largest absolute Gasteiger partial charge is 0.452 e. The van der Waals surface area contributed by atoms with E-state index in [-0.39, 0.29) is 4.90 Å². The predicted octanol–water partition coefficient (Wildman–Crippen LogP) is 3.63. The number of nitrogens with one attached hydrogen (secondary N) is 2. The molecule has 0 spiro atoms. The number of carbonyl (C=O) groups is 2. The van der Waals surface area contributed by atoms with Crippen LogP contribution in [0.4, 0.5) is 5.69 Å². The number of ether oxygens (including phenoxy) is 1. The van der Waals surface area contributed by atoms with E-state index in [1.54, 1.807) is 6.07 Å². The molecular weight excluding hydrogens is 454 g/mol. The molecule has 0 bridgehead atoms. The molecule has 0 unspecified atom stereocenters. The van der Waals surface area contributed by atoms with Crippen molar-refractivity contribution in [2.45, 2.75) is 43.4 Å². The van der Waals surface area contributed by atoms with Gasteiger partial charge in [-0.05, 0) is 86.6 Å². The third-order valence-corrected chi connectivity index (χ3v) is 8.42. The van der Waals surface area contributed by atoms with Gasteiger partial charge in [0.05, 0.1) is 10.5 Å². The molecule has 178 valence electrons. The number of hydrogen-bond acceptors (Lipinski definition) is 5. The summed E-state index contributed by atoms with van der Waals surface area (Å²) < 4.78 is 31.9. The van der Waals surface area contributed by atoms with Crippen LogP contribution in [-0.2, 0) is 32.4 Å². The lowest BCUT2D eigenvalue weighted by atomic mass is 9.95. The Hall–Kier alpha value is -3.17. The number of rotatable bonds is 6. The van der Waals surface area contributed by atoms with Crippen LogP contribution in [0.3, 0.4) is 0 Å². The van der Waals surface area contributed by atoms with E-state index in [1.807, 2.05) is 12.1 Å². The maximum Gasteiger partial charge on any atom is 0.338 e. The number of aromatic nitrogens is 1. The molecule has 2 heterocycles. The number of anilines is 1. The number of aromatic amines is 1. The third-order valence-electron chi connectivity index (χ3n) is 6.51. The summed E-state index contributed by atoms with van der Waals surface area (Å²) in [4.78, 5) is 28.4. The van der Waals surface area contributed by atoms with Crippen LogP contribution in [0.25, 0.3) is 10.9 Å². The van der Waals surface area contributed by atoms with Crippen LogP contribution < -0.4 is 5.32 Å². The molecule has 2 N–H and O–H groups in total. The van der Waals surface area contributed by atoms with Crippen molar-refractivity contribution in [1.29, 1.82) is 0 Å². The summed E-state index contributed by atoms with van der Waals surface area (Å²) in [5, 5.41) is 3.67. The van der Waals surface area contributed by atoms with Crippen molar-refractivity contribution in [2.24, 2.45) is 0 Å². The number of sulfonamides is 1. The molecule has 1 aliphatic heterocycles. The lowest BCUT2D eigenvalue weighted by molar-refractivity contribution is -0.119. The van der Waals surface area contributed by atoms with Crippen LogP contribution in [0.5, 0.6) is 0 Å². The minimum atomic E-state index is -3.50. The molecule has 0 saturated carbocycles. The molecule has 1 fully saturated rings. The number of benzene rings is 2. The smallest absolute Gasteiger partial charge is 0.338 e. The molecule has 5 rings (SSSR count). The molecule has 2 aliphatic rings. The van der Waals surface area contributed by atoms with Gasteiger partial charge in [-0.1, -0.05) is 0 Å². The molecule has 0 radical (unpaired) electrons. The van der Waals surface area contributed by atoms with E-state index in [1.165, 1.54) is 46.2 Å². The number of esters is 1. The molecule has 3 aromatic rings. The standard InChI is InChI=1S/C25H27N3O5S/c29-24(26-18-8-10-19(11-9-18)34(31,32)28-13-3-4-14-28)16-33-25(30)17-7-12-23-21(15-17)20-5-1-2-6-22(20)27-23/h7-12,15,27H,1-6,13-14,16H2,(H,26,29). The maximum absolute atomic E-state index is 12.6. The van der Waals surface area contributed by atoms with E-state index >= 15 is 0 Å². The van der Waals surface area contributed by atoms with Gasteiger partial charge in [0.1, 0.15) is 0 Å². The van der Waals surface area contributed by atoms with Crippen LogP contribution in [0.2, 0.25) is 0 Å². The van der Waals surface area contributed by atoms with Gasteiger partial charge in [0.2, 0.25) is 10.0 Å². The normalized spacial score (nSPS) is 16.4. The molecule has 34 heavy (non-hydrogen) atoms. The minimum Gasteiger partial charge on any atom is -0.452 e. The first-order valence-electron chi connectivity index (χ1n) is 11.6. The first-order valence-corrected chi connectivity index (χ1v) is 13.1. The van der Waals surface area contributed by atoms with Crippen molar-refractivity contribution in [1.82, 2.24) is 9.29 Å².